The number of fused-ring (bicyclic) bond motifs is 1. The highest BCUT2D eigenvalue weighted by atomic mass is 35.5. The zero-order valence-corrected chi connectivity index (χ0v) is 13.6. The van der Waals surface area contributed by atoms with Gasteiger partial charge in [0.15, 0.2) is 0 Å². The molecule has 0 fully saturated rings. The Bertz CT molecular complexity index is 625. The normalized spacial score (nSPS) is 14.1. The Balaban J connectivity index is 2.06. The first-order valence-corrected chi connectivity index (χ1v) is 8.40. The number of aliphatic hydroxyl groups is 1. The molecule has 21 heavy (non-hydrogen) atoms. The van der Waals surface area contributed by atoms with E-state index >= 15 is 0 Å². The Morgan fingerprint density at radius 3 is 2.95 bits per heavy atom. The van der Waals surface area contributed by atoms with E-state index in [0.717, 1.165) is 16.5 Å². The lowest BCUT2D eigenvalue weighted by Gasteiger charge is -2.21. The number of hydrogen-bond donors (Lipinski definition) is 3. The van der Waals surface area contributed by atoms with Crippen LogP contribution in [0, 0.1) is 0 Å². The lowest BCUT2D eigenvalue weighted by Crippen LogP contribution is -2.41. The second-order valence-corrected chi connectivity index (χ2v) is 6.51. The minimum Gasteiger partial charge on any atom is -0.395 e. The van der Waals surface area contributed by atoms with Crippen LogP contribution in [0.25, 0.3) is 10.9 Å². The second-order valence-electron chi connectivity index (χ2n) is 4.99. The first-order chi connectivity index (χ1) is 10.0. The molecule has 4 nitrogen and oxygen atoms in total. The molecule has 2 atom stereocenters. The highest BCUT2D eigenvalue weighted by Crippen LogP contribution is 2.22. The van der Waals surface area contributed by atoms with Gasteiger partial charge in [0.1, 0.15) is 0 Å². The van der Waals surface area contributed by atoms with E-state index in [1.807, 2.05) is 37.6 Å². The van der Waals surface area contributed by atoms with Crippen molar-refractivity contribution >= 4 is 40.2 Å². The fourth-order valence-corrected chi connectivity index (χ4v) is 3.10. The van der Waals surface area contributed by atoms with Gasteiger partial charge in [-0.1, -0.05) is 11.6 Å². The van der Waals surface area contributed by atoms with E-state index < -0.39 is 0 Å². The SMILES string of the molecule is CSC(CO)C(C)NC(=O)Cc1c[nH]c2ccc(Cl)cc12. The molecule has 6 heteroatoms. The molecule has 1 heterocycles. The van der Waals surface area contributed by atoms with E-state index in [0.29, 0.717) is 5.02 Å². The molecule has 2 unspecified atom stereocenters. The van der Waals surface area contributed by atoms with Crippen LogP contribution in [0.4, 0.5) is 0 Å². The average Bonchev–Trinajstić information content (AvgIpc) is 2.82. The molecule has 0 radical (unpaired) electrons. The molecule has 1 aromatic carbocycles. The molecule has 0 aliphatic rings. The summed E-state index contributed by atoms with van der Waals surface area (Å²) in [7, 11) is 0. The number of aromatic amines is 1. The van der Waals surface area contributed by atoms with Crippen molar-refractivity contribution in [2.24, 2.45) is 0 Å². The molecule has 0 bridgehead atoms. The predicted octanol–water partition coefficient (Wildman–Crippen LogP) is 2.59. The molecule has 0 saturated heterocycles. The van der Waals surface area contributed by atoms with Gasteiger partial charge < -0.3 is 15.4 Å². The van der Waals surface area contributed by atoms with Crippen LogP contribution >= 0.6 is 23.4 Å². The van der Waals surface area contributed by atoms with Crippen LogP contribution in [0.15, 0.2) is 24.4 Å². The third kappa shape index (κ3) is 3.93. The third-order valence-electron chi connectivity index (χ3n) is 3.51. The van der Waals surface area contributed by atoms with Gasteiger partial charge in [-0.3, -0.25) is 4.79 Å². The lowest BCUT2D eigenvalue weighted by atomic mass is 10.1. The zero-order valence-electron chi connectivity index (χ0n) is 12.0. The van der Waals surface area contributed by atoms with E-state index in [-0.39, 0.29) is 30.2 Å². The third-order valence-corrected chi connectivity index (χ3v) is 4.91. The summed E-state index contributed by atoms with van der Waals surface area (Å²) in [6, 6.07) is 5.50. The molecule has 0 aliphatic heterocycles. The number of nitrogens with one attached hydrogen (secondary N) is 2. The fraction of sp³-hybridized carbons (Fsp3) is 0.400. The van der Waals surface area contributed by atoms with Crippen LogP contribution in [0.2, 0.25) is 5.02 Å². The molecule has 1 amide bonds. The number of aromatic nitrogens is 1. The van der Waals surface area contributed by atoms with Gasteiger partial charge in [-0.25, -0.2) is 0 Å². The average molecular weight is 327 g/mol. The number of carbonyl (C=O) groups is 1. The zero-order chi connectivity index (χ0) is 15.4. The number of thioether (sulfide) groups is 1. The van der Waals surface area contributed by atoms with Gasteiger partial charge in [-0.2, -0.15) is 11.8 Å². The monoisotopic (exact) mass is 326 g/mol. The molecule has 2 aromatic rings. The summed E-state index contributed by atoms with van der Waals surface area (Å²) in [4.78, 5) is 15.3. The van der Waals surface area contributed by atoms with Crippen molar-refractivity contribution in [3.63, 3.8) is 0 Å². The maximum Gasteiger partial charge on any atom is 0.224 e. The molecule has 0 spiro atoms. The summed E-state index contributed by atoms with van der Waals surface area (Å²) in [5.74, 6) is -0.0594. The van der Waals surface area contributed by atoms with Gasteiger partial charge in [-0.05, 0) is 36.9 Å². The topological polar surface area (TPSA) is 65.1 Å². The van der Waals surface area contributed by atoms with Gasteiger partial charge in [0, 0.05) is 33.4 Å². The quantitative estimate of drug-likeness (QED) is 0.764. The van der Waals surface area contributed by atoms with Crippen molar-refractivity contribution in [2.45, 2.75) is 24.6 Å². The molecule has 2 rings (SSSR count). The van der Waals surface area contributed by atoms with Crippen LogP contribution in [-0.4, -0.2) is 40.2 Å². The standard InChI is InChI=1S/C15H19ClN2O2S/c1-9(14(8-19)21-2)18-15(20)5-10-7-17-13-4-3-11(16)6-12(10)13/h3-4,6-7,9,14,17,19H,5,8H2,1-2H3,(H,18,20). The number of halogens is 1. The summed E-state index contributed by atoms with van der Waals surface area (Å²) in [6.45, 7) is 1.95. The summed E-state index contributed by atoms with van der Waals surface area (Å²) >= 11 is 7.55. The van der Waals surface area contributed by atoms with Gasteiger partial charge in [0.2, 0.25) is 5.91 Å². The van der Waals surface area contributed by atoms with Crippen LogP contribution in [-0.2, 0) is 11.2 Å². The van der Waals surface area contributed by atoms with E-state index in [2.05, 4.69) is 10.3 Å². The molecule has 3 N–H and O–H groups in total. The van der Waals surface area contributed by atoms with Crippen molar-refractivity contribution in [1.82, 2.24) is 10.3 Å². The van der Waals surface area contributed by atoms with E-state index in [9.17, 15) is 9.90 Å². The summed E-state index contributed by atoms with van der Waals surface area (Å²) in [6.07, 6.45) is 4.05. The second kappa shape index (κ2) is 7.20. The number of hydrogen-bond acceptors (Lipinski definition) is 3. The van der Waals surface area contributed by atoms with Crippen molar-refractivity contribution in [3.8, 4) is 0 Å². The lowest BCUT2D eigenvalue weighted by molar-refractivity contribution is -0.121. The Hall–Kier alpha value is -1.17. The van der Waals surface area contributed by atoms with Crippen LogP contribution in [0.5, 0.6) is 0 Å². The van der Waals surface area contributed by atoms with Crippen molar-refractivity contribution in [1.29, 1.82) is 0 Å². The Labute approximate surface area is 133 Å². The van der Waals surface area contributed by atoms with Crippen molar-refractivity contribution < 1.29 is 9.90 Å². The number of carbonyl (C=O) groups excluding carboxylic acids is 1. The number of amides is 1. The highest BCUT2D eigenvalue weighted by Gasteiger charge is 2.18. The number of H-pyrrole nitrogens is 1. The summed E-state index contributed by atoms with van der Waals surface area (Å²) in [5.41, 5.74) is 1.88. The van der Waals surface area contributed by atoms with E-state index in [1.165, 1.54) is 0 Å². The molecule has 0 aliphatic carbocycles. The summed E-state index contributed by atoms with van der Waals surface area (Å²) in [5, 5.41) is 13.8. The number of rotatable bonds is 6. The van der Waals surface area contributed by atoms with Gasteiger partial charge in [-0.15, -0.1) is 0 Å². The van der Waals surface area contributed by atoms with Crippen molar-refractivity contribution in [2.75, 3.05) is 12.9 Å². The van der Waals surface area contributed by atoms with Crippen molar-refractivity contribution in [3.05, 3.63) is 35.0 Å². The largest absolute Gasteiger partial charge is 0.395 e. The fourth-order valence-electron chi connectivity index (χ4n) is 2.30. The van der Waals surface area contributed by atoms with Gasteiger partial charge in [0.05, 0.1) is 13.0 Å². The first kappa shape index (κ1) is 16.2. The molecule has 114 valence electrons. The first-order valence-electron chi connectivity index (χ1n) is 6.73. The maximum atomic E-state index is 12.1. The Kier molecular flexibility index (Phi) is 5.56. The predicted molar refractivity (Wildman–Crippen MR) is 89.0 cm³/mol. The van der Waals surface area contributed by atoms with Gasteiger partial charge in [0.25, 0.3) is 0 Å². The minimum atomic E-state index is -0.0775. The van der Waals surface area contributed by atoms with Crippen LogP contribution in [0.3, 0.4) is 0 Å². The highest BCUT2D eigenvalue weighted by molar-refractivity contribution is 7.99. The van der Waals surface area contributed by atoms with Crippen LogP contribution < -0.4 is 5.32 Å². The number of benzene rings is 1. The molecular weight excluding hydrogens is 308 g/mol. The van der Waals surface area contributed by atoms with Gasteiger partial charge >= 0.3 is 0 Å². The smallest absolute Gasteiger partial charge is 0.224 e. The number of aliphatic hydroxyl groups excluding tert-OH is 1. The molecular formula is C15H19ClN2O2S. The minimum absolute atomic E-state index is 0.00589. The Morgan fingerprint density at radius 1 is 1.52 bits per heavy atom. The van der Waals surface area contributed by atoms with Crippen LogP contribution in [0.1, 0.15) is 12.5 Å². The maximum absolute atomic E-state index is 12.1. The molecule has 1 aromatic heterocycles. The molecule has 0 saturated carbocycles. The Morgan fingerprint density at radius 2 is 2.29 bits per heavy atom. The van der Waals surface area contributed by atoms with E-state index in [1.54, 1.807) is 11.8 Å². The van der Waals surface area contributed by atoms with E-state index in [4.69, 9.17) is 11.6 Å². The summed E-state index contributed by atoms with van der Waals surface area (Å²) < 4.78 is 0.